The van der Waals surface area contributed by atoms with E-state index >= 15 is 0 Å². The summed E-state index contributed by atoms with van der Waals surface area (Å²) in [6.45, 7) is 8.60. The third-order valence-corrected chi connectivity index (χ3v) is 4.72. The van der Waals surface area contributed by atoms with Gasteiger partial charge in [-0.15, -0.1) is 11.3 Å². The van der Waals surface area contributed by atoms with E-state index in [4.69, 9.17) is 0 Å². The summed E-state index contributed by atoms with van der Waals surface area (Å²) in [6, 6.07) is 6.68. The van der Waals surface area contributed by atoms with Crippen molar-refractivity contribution in [1.82, 2.24) is 14.6 Å². The number of aryl methyl sites for hydroxylation is 1. The molecular weight excluding hydrogens is 280 g/mol. The molecule has 1 unspecified atom stereocenters. The van der Waals surface area contributed by atoms with Crippen LogP contribution in [0.5, 0.6) is 0 Å². The Morgan fingerprint density at radius 1 is 1.24 bits per heavy atom. The Bertz CT molecular complexity index is 757. The number of fused-ring (bicyclic) bond motifs is 1. The molecule has 0 radical (unpaired) electrons. The van der Waals surface area contributed by atoms with Crippen LogP contribution in [0.4, 0.5) is 5.82 Å². The van der Waals surface area contributed by atoms with Crippen LogP contribution in [0.15, 0.2) is 30.6 Å². The molecule has 1 N–H and O–H groups in total. The van der Waals surface area contributed by atoms with Gasteiger partial charge in [-0.3, -0.25) is 0 Å². The van der Waals surface area contributed by atoms with Gasteiger partial charge in [0.25, 0.3) is 0 Å². The molecule has 3 heterocycles. The number of anilines is 1. The van der Waals surface area contributed by atoms with Crippen LogP contribution in [0, 0.1) is 6.92 Å². The highest BCUT2D eigenvalue weighted by atomic mass is 32.1. The van der Waals surface area contributed by atoms with Gasteiger partial charge < -0.3 is 5.32 Å². The number of aromatic nitrogens is 3. The third-order valence-electron chi connectivity index (χ3n) is 3.54. The number of thiophene rings is 1. The maximum absolute atomic E-state index is 4.60. The van der Waals surface area contributed by atoms with Gasteiger partial charge in [0.2, 0.25) is 0 Å². The summed E-state index contributed by atoms with van der Waals surface area (Å²) >= 11 is 1.82. The molecule has 3 aromatic heterocycles. The monoisotopic (exact) mass is 300 g/mol. The molecule has 0 amide bonds. The maximum Gasteiger partial charge on any atom is 0.152 e. The minimum absolute atomic E-state index is 0.236. The Hall–Kier alpha value is -1.88. The zero-order chi connectivity index (χ0) is 15.0. The molecule has 21 heavy (non-hydrogen) atoms. The van der Waals surface area contributed by atoms with Crippen LogP contribution in [0.25, 0.3) is 5.52 Å². The first-order chi connectivity index (χ1) is 10.0. The van der Waals surface area contributed by atoms with Crippen molar-refractivity contribution in [2.45, 2.75) is 39.7 Å². The summed E-state index contributed by atoms with van der Waals surface area (Å²) in [5.74, 6) is 1.30. The fourth-order valence-corrected chi connectivity index (χ4v) is 3.18. The zero-order valence-corrected chi connectivity index (χ0v) is 13.6. The van der Waals surface area contributed by atoms with Gasteiger partial charge in [-0.2, -0.15) is 5.10 Å². The molecular formula is C16H20N4S. The second-order valence-corrected chi connectivity index (χ2v) is 6.96. The van der Waals surface area contributed by atoms with Crippen LogP contribution < -0.4 is 5.32 Å². The van der Waals surface area contributed by atoms with E-state index in [1.807, 2.05) is 22.0 Å². The molecule has 0 bridgehead atoms. The first kappa shape index (κ1) is 14.1. The summed E-state index contributed by atoms with van der Waals surface area (Å²) in [6.07, 6.45) is 3.69. The summed E-state index contributed by atoms with van der Waals surface area (Å²) < 4.78 is 1.90. The Kier molecular flexibility index (Phi) is 3.68. The zero-order valence-electron chi connectivity index (χ0n) is 12.8. The van der Waals surface area contributed by atoms with Gasteiger partial charge >= 0.3 is 0 Å². The van der Waals surface area contributed by atoms with Gasteiger partial charge in [0.05, 0.1) is 11.7 Å². The van der Waals surface area contributed by atoms with Gasteiger partial charge in [0.15, 0.2) is 5.82 Å². The summed E-state index contributed by atoms with van der Waals surface area (Å²) in [5.41, 5.74) is 2.12. The molecule has 0 aliphatic rings. The second kappa shape index (κ2) is 5.48. The van der Waals surface area contributed by atoms with E-state index in [0.29, 0.717) is 5.92 Å². The predicted octanol–water partition coefficient (Wildman–Crippen LogP) is 4.40. The van der Waals surface area contributed by atoms with Crippen molar-refractivity contribution in [3.05, 3.63) is 46.0 Å². The maximum atomic E-state index is 4.60. The summed E-state index contributed by atoms with van der Waals surface area (Å²) in [4.78, 5) is 7.13. The first-order valence-corrected chi connectivity index (χ1v) is 8.03. The molecule has 1 atom stereocenters. The van der Waals surface area contributed by atoms with Gasteiger partial charge in [-0.1, -0.05) is 13.8 Å². The molecule has 3 aromatic rings. The number of rotatable bonds is 4. The van der Waals surface area contributed by atoms with Crippen molar-refractivity contribution in [2.24, 2.45) is 0 Å². The summed E-state index contributed by atoms with van der Waals surface area (Å²) in [5, 5.41) is 8.10. The normalized spacial score (nSPS) is 13.0. The molecule has 3 rings (SSSR count). The van der Waals surface area contributed by atoms with Crippen LogP contribution in [-0.4, -0.2) is 14.6 Å². The molecule has 0 aliphatic heterocycles. The summed E-state index contributed by atoms with van der Waals surface area (Å²) in [7, 11) is 0. The first-order valence-electron chi connectivity index (χ1n) is 7.21. The predicted molar refractivity (Wildman–Crippen MR) is 88.2 cm³/mol. The molecule has 0 aliphatic carbocycles. The Labute approximate surface area is 128 Å². The third kappa shape index (κ3) is 2.78. The van der Waals surface area contributed by atoms with Crippen molar-refractivity contribution in [3.8, 4) is 0 Å². The fourth-order valence-electron chi connectivity index (χ4n) is 2.30. The number of nitrogens with zero attached hydrogens (tertiary/aromatic N) is 3. The van der Waals surface area contributed by atoms with E-state index in [1.54, 1.807) is 6.20 Å². The Balaban J connectivity index is 1.93. The standard InChI is InChI=1S/C16H20N4S/c1-10(2)13-9-14-16(17-7-8-20(14)19-13)18-12(4)15-6-5-11(3)21-15/h5-10,12H,1-4H3,(H,17,18). The van der Waals surface area contributed by atoms with Crippen molar-refractivity contribution >= 4 is 22.7 Å². The van der Waals surface area contributed by atoms with Gasteiger partial charge in [0, 0.05) is 22.1 Å². The SMILES string of the molecule is Cc1ccc(C(C)Nc2nccn3nc(C(C)C)cc23)s1. The van der Waals surface area contributed by atoms with E-state index in [9.17, 15) is 0 Å². The van der Waals surface area contributed by atoms with Crippen LogP contribution in [-0.2, 0) is 0 Å². The van der Waals surface area contributed by atoms with Crippen molar-refractivity contribution in [3.63, 3.8) is 0 Å². The number of hydrogen-bond acceptors (Lipinski definition) is 4. The number of nitrogens with one attached hydrogen (secondary N) is 1. The quantitative estimate of drug-likeness (QED) is 0.776. The molecule has 0 aromatic carbocycles. The van der Waals surface area contributed by atoms with E-state index < -0.39 is 0 Å². The lowest BCUT2D eigenvalue weighted by atomic mass is 10.1. The van der Waals surface area contributed by atoms with Crippen molar-refractivity contribution < 1.29 is 0 Å². The highest BCUT2D eigenvalue weighted by Crippen LogP contribution is 2.27. The minimum Gasteiger partial charge on any atom is -0.361 e. The number of hydrogen-bond donors (Lipinski definition) is 1. The Morgan fingerprint density at radius 3 is 2.71 bits per heavy atom. The highest BCUT2D eigenvalue weighted by molar-refractivity contribution is 7.12. The molecule has 4 nitrogen and oxygen atoms in total. The lowest BCUT2D eigenvalue weighted by Crippen LogP contribution is -2.07. The van der Waals surface area contributed by atoms with E-state index in [1.165, 1.54) is 9.75 Å². The van der Waals surface area contributed by atoms with E-state index in [0.717, 1.165) is 17.0 Å². The van der Waals surface area contributed by atoms with E-state index in [2.05, 4.69) is 61.3 Å². The van der Waals surface area contributed by atoms with Gasteiger partial charge in [-0.25, -0.2) is 9.50 Å². The average molecular weight is 300 g/mol. The molecule has 0 fully saturated rings. The van der Waals surface area contributed by atoms with Crippen molar-refractivity contribution in [1.29, 1.82) is 0 Å². The lowest BCUT2D eigenvalue weighted by Gasteiger charge is -2.13. The second-order valence-electron chi connectivity index (χ2n) is 5.64. The van der Waals surface area contributed by atoms with Gasteiger partial charge in [-0.05, 0) is 38.0 Å². The highest BCUT2D eigenvalue weighted by Gasteiger charge is 2.13. The molecule has 0 saturated carbocycles. The lowest BCUT2D eigenvalue weighted by molar-refractivity contribution is 0.786. The van der Waals surface area contributed by atoms with Crippen LogP contribution >= 0.6 is 11.3 Å². The fraction of sp³-hybridized carbons (Fsp3) is 0.375. The van der Waals surface area contributed by atoms with Crippen LogP contribution in [0.3, 0.4) is 0 Å². The minimum atomic E-state index is 0.236. The molecule has 0 spiro atoms. The average Bonchev–Trinajstić information content (AvgIpc) is 3.05. The molecule has 110 valence electrons. The van der Waals surface area contributed by atoms with Crippen molar-refractivity contribution in [2.75, 3.05) is 5.32 Å². The smallest absolute Gasteiger partial charge is 0.152 e. The molecule has 5 heteroatoms. The van der Waals surface area contributed by atoms with Gasteiger partial charge in [0.1, 0.15) is 5.52 Å². The molecule has 0 saturated heterocycles. The van der Waals surface area contributed by atoms with Crippen LogP contribution in [0.1, 0.15) is 48.2 Å². The topological polar surface area (TPSA) is 42.2 Å². The van der Waals surface area contributed by atoms with E-state index in [-0.39, 0.29) is 6.04 Å². The van der Waals surface area contributed by atoms with Crippen LogP contribution in [0.2, 0.25) is 0 Å². The largest absolute Gasteiger partial charge is 0.361 e. The Morgan fingerprint density at radius 2 is 2.05 bits per heavy atom.